The first-order valence-electron chi connectivity index (χ1n) is 5.90. The van der Waals surface area contributed by atoms with E-state index in [1.807, 2.05) is 0 Å². The van der Waals surface area contributed by atoms with Crippen LogP contribution in [0.2, 0.25) is 0 Å². The zero-order chi connectivity index (χ0) is 11.3. The van der Waals surface area contributed by atoms with Crippen LogP contribution >= 0.6 is 0 Å². The molecule has 1 saturated heterocycles. The maximum absolute atomic E-state index is 8.08. The van der Waals surface area contributed by atoms with Crippen molar-refractivity contribution in [3.63, 3.8) is 0 Å². The number of morpholine rings is 1. The largest absolute Gasteiger partial charge is 0.368 e. The van der Waals surface area contributed by atoms with Crippen molar-refractivity contribution in [3.8, 4) is 0 Å². The fraction of sp³-hybridized carbons (Fsp3) is 0.909. The Morgan fingerprint density at radius 3 is 2.60 bits per heavy atom. The first-order valence-corrected chi connectivity index (χ1v) is 5.90. The monoisotopic (exact) mass is 213 g/mol. The van der Waals surface area contributed by atoms with Crippen LogP contribution in [0.4, 0.5) is 0 Å². The van der Waals surface area contributed by atoms with Crippen LogP contribution in [0.1, 0.15) is 20.8 Å². The molecule has 0 aromatic heterocycles. The summed E-state index contributed by atoms with van der Waals surface area (Å²) >= 11 is 0. The van der Waals surface area contributed by atoms with Gasteiger partial charge in [-0.15, -0.1) is 0 Å². The minimum atomic E-state index is -0.0291. The molecule has 0 spiro atoms. The minimum absolute atomic E-state index is 0.0291. The number of nitrogens with zero attached hydrogens (tertiary/aromatic N) is 2. The molecule has 1 fully saturated rings. The van der Waals surface area contributed by atoms with E-state index in [0.717, 1.165) is 39.3 Å². The van der Waals surface area contributed by atoms with Crippen LogP contribution in [-0.4, -0.2) is 61.1 Å². The third kappa shape index (κ3) is 3.18. The van der Waals surface area contributed by atoms with Crippen LogP contribution in [0.15, 0.2) is 0 Å². The molecule has 0 bridgehead atoms. The summed E-state index contributed by atoms with van der Waals surface area (Å²) in [5.74, 6) is 0.637. The van der Waals surface area contributed by atoms with E-state index in [4.69, 9.17) is 10.1 Å². The summed E-state index contributed by atoms with van der Waals surface area (Å²) in [7, 11) is 0. The maximum atomic E-state index is 8.08. The Kier molecular flexibility index (Phi) is 5.05. The van der Waals surface area contributed by atoms with E-state index in [9.17, 15) is 0 Å². The minimum Gasteiger partial charge on any atom is -0.368 e. The lowest BCUT2D eigenvalue weighted by molar-refractivity contribution is 0.00282. The fourth-order valence-electron chi connectivity index (χ4n) is 1.92. The van der Waals surface area contributed by atoms with Crippen LogP contribution in [-0.2, 0) is 4.74 Å². The zero-order valence-electron chi connectivity index (χ0n) is 10.1. The number of rotatable bonds is 4. The van der Waals surface area contributed by atoms with Gasteiger partial charge in [-0.25, -0.2) is 0 Å². The molecule has 0 aromatic carbocycles. The van der Waals surface area contributed by atoms with Gasteiger partial charge in [-0.1, -0.05) is 6.92 Å². The highest BCUT2D eigenvalue weighted by atomic mass is 16.5. The molecule has 4 nitrogen and oxygen atoms in total. The summed E-state index contributed by atoms with van der Waals surface area (Å²) in [6.07, 6.45) is -0.0291. The SMILES string of the molecule is CCN1CCOC(C(=N)N(CC)CC)C1. The van der Waals surface area contributed by atoms with Gasteiger partial charge in [0.2, 0.25) is 0 Å². The lowest BCUT2D eigenvalue weighted by Crippen LogP contribution is -2.50. The second-order valence-corrected chi connectivity index (χ2v) is 3.81. The van der Waals surface area contributed by atoms with E-state index in [1.54, 1.807) is 0 Å². The van der Waals surface area contributed by atoms with Crippen molar-refractivity contribution in [1.29, 1.82) is 5.41 Å². The van der Waals surface area contributed by atoms with Gasteiger partial charge in [0.1, 0.15) is 11.9 Å². The predicted octanol–water partition coefficient (Wildman–Crippen LogP) is 1.03. The lowest BCUT2D eigenvalue weighted by atomic mass is 10.2. The molecule has 1 N–H and O–H groups in total. The molecule has 1 atom stereocenters. The van der Waals surface area contributed by atoms with Gasteiger partial charge in [0.15, 0.2) is 0 Å². The number of hydrogen-bond acceptors (Lipinski definition) is 3. The molecular formula is C11H23N3O. The van der Waals surface area contributed by atoms with Crippen LogP contribution in [0, 0.1) is 5.41 Å². The Hall–Kier alpha value is -0.610. The quantitative estimate of drug-likeness (QED) is 0.560. The number of ether oxygens (including phenoxy) is 1. The van der Waals surface area contributed by atoms with Crippen molar-refractivity contribution in [2.75, 3.05) is 39.3 Å². The van der Waals surface area contributed by atoms with E-state index >= 15 is 0 Å². The average molecular weight is 213 g/mol. The molecule has 1 aliphatic heterocycles. The van der Waals surface area contributed by atoms with Gasteiger partial charge in [-0.2, -0.15) is 0 Å². The predicted molar refractivity (Wildman–Crippen MR) is 62.5 cm³/mol. The van der Waals surface area contributed by atoms with Gasteiger partial charge in [-0.3, -0.25) is 10.3 Å². The van der Waals surface area contributed by atoms with E-state index in [2.05, 4.69) is 30.6 Å². The van der Waals surface area contributed by atoms with Crippen LogP contribution in [0.5, 0.6) is 0 Å². The summed E-state index contributed by atoms with van der Waals surface area (Å²) in [6.45, 7) is 11.8. The van der Waals surface area contributed by atoms with Crippen LogP contribution in [0.3, 0.4) is 0 Å². The molecule has 0 amide bonds. The van der Waals surface area contributed by atoms with Crippen molar-refractivity contribution >= 4 is 5.84 Å². The maximum Gasteiger partial charge on any atom is 0.127 e. The number of nitrogens with one attached hydrogen (secondary N) is 1. The van der Waals surface area contributed by atoms with E-state index in [1.165, 1.54) is 0 Å². The van der Waals surface area contributed by atoms with E-state index in [-0.39, 0.29) is 6.10 Å². The van der Waals surface area contributed by atoms with Crippen LogP contribution in [0.25, 0.3) is 0 Å². The fourth-order valence-corrected chi connectivity index (χ4v) is 1.92. The molecule has 0 saturated carbocycles. The zero-order valence-corrected chi connectivity index (χ0v) is 10.1. The Balaban J connectivity index is 2.51. The number of amidine groups is 1. The molecule has 88 valence electrons. The molecule has 1 rings (SSSR count). The Labute approximate surface area is 92.7 Å². The summed E-state index contributed by atoms with van der Waals surface area (Å²) < 4.78 is 5.65. The highest BCUT2D eigenvalue weighted by molar-refractivity contribution is 5.84. The van der Waals surface area contributed by atoms with Crippen molar-refractivity contribution in [3.05, 3.63) is 0 Å². The summed E-state index contributed by atoms with van der Waals surface area (Å²) in [5.41, 5.74) is 0. The molecule has 0 radical (unpaired) electrons. The first-order chi connectivity index (χ1) is 7.22. The highest BCUT2D eigenvalue weighted by Crippen LogP contribution is 2.08. The second-order valence-electron chi connectivity index (χ2n) is 3.81. The topological polar surface area (TPSA) is 39.6 Å². The third-order valence-corrected chi connectivity index (χ3v) is 3.01. The Morgan fingerprint density at radius 1 is 1.40 bits per heavy atom. The standard InChI is InChI=1S/C11H23N3O/c1-4-13-7-8-15-10(9-13)11(12)14(5-2)6-3/h10,12H,4-9H2,1-3H3. The van der Waals surface area contributed by atoms with E-state index < -0.39 is 0 Å². The first kappa shape index (κ1) is 12.5. The summed E-state index contributed by atoms with van der Waals surface area (Å²) in [4.78, 5) is 4.40. The average Bonchev–Trinajstić information content (AvgIpc) is 2.30. The number of likely N-dealkylation sites (N-methyl/N-ethyl adjacent to an activating group) is 2. The molecule has 1 heterocycles. The summed E-state index contributed by atoms with van der Waals surface area (Å²) in [6, 6.07) is 0. The van der Waals surface area contributed by atoms with Gasteiger partial charge in [-0.05, 0) is 20.4 Å². The highest BCUT2D eigenvalue weighted by Gasteiger charge is 2.25. The molecule has 4 heteroatoms. The molecule has 15 heavy (non-hydrogen) atoms. The van der Waals surface area contributed by atoms with Crippen molar-refractivity contribution in [2.24, 2.45) is 0 Å². The molecule has 1 aliphatic rings. The normalized spacial score (nSPS) is 22.7. The van der Waals surface area contributed by atoms with Crippen molar-refractivity contribution < 1.29 is 4.74 Å². The van der Waals surface area contributed by atoms with E-state index in [0.29, 0.717) is 5.84 Å². The Morgan fingerprint density at radius 2 is 2.07 bits per heavy atom. The van der Waals surface area contributed by atoms with Gasteiger partial charge in [0.05, 0.1) is 6.61 Å². The Bertz CT molecular complexity index is 204. The van der Waals surface area contributed by atoms with Gasteiger partial charge in [0.25, 0.3) is 0 Å². The second kappa shape index (κ2) is 6.08. The summed E-state index contributed by atoms with van der Waals surface area (Å²) in [5, 5.41) is 8.08. The van der Waals surface area contributed by atoms with Crippen molar-refractivity contribution in [1.82, 2.24) is 9.80 Å². The molecular weight excluding hydrogens is 190 g/mol. The molecule has 0 aromatic rings. The van der Waals surface area contributed by atoms with Gasteiger partial charge in [0, 0.05) is 26.2 Å². The van der Waals surface area contributed by atoms with Crippen molar-refractivity contribution in [2.45, 2.75) is 26.9 Å². The molecule has 0 aliphatic carbocycles. The van der Waals surface area contributed by atoms with Gasteiger partial charge < -0.3 is 9.64 Å². The number of hydrogen-bond donors (Lipinski definition) is 1. The molecule has 1 unspecified atom stereocenters. The van der Waals surface area contributed by atoms with Gasteiger partial charge >= 0.3 is 0 Å². The van der Waals surface area contributed by atoms with Crippen LogP contribution < -0.4 is 0 Å². The lowest BCUT2D eigenvalue weighted by Gasteiger charge is -2.35. The third-order valence-electron chi connectivity index (χ3n) is 3.01. The smallest absolute Gasteiger partial charge is 0.127 e.